The molecule has 1 atom stereocenters. The number of hydrogen-bond acceptors (Lipinski definition) is 5. The van der Waals surface area contributed by atoms with Crippen molar-refractivity contribution in [1.29, 1.82) is 0 Å². The highest BCUT2D eigenvalue weighted by Gasteiger charge is 2.38. The molecule has 1 saturated heterocycles. The molecule has 23 heavy (non-hydrogen) atoms. The Bertz CT molecular complexity index is 925. The molecule has 0 spiro atoms. The van der Waals surface area contributed by atoms with Gasteiger partial charge in [0.25, 0.3) is 5.69 Å². The Hall–Kier alpha value is -2.52. The van der Waals surface area contributed by atoms with Gasteiger partial charge in [-0.05, 0) is 12.1 Å². The van der Waals surface area contributed by atoms with E-state index in [1.54, 1.807) is 24.3 Å². The van der Waals surface area contributed by atoms with Gasteiger partial charge in [-0.3, -0.25) is 14.9 Å². The minimum Gasteiger partial charge on any atom is -0.310 e. The van der Waals surface area contributed by atoms with E-state index in [9.17, 15) is 23.3 Å². The van der Waals surface area contributed by atoms with Crippen LogP contribution in [0.2, 0.25) is 0 Å². The number of hydrogen-bond donors (Lipinski definition) is 1. The fourth-order valence-corrected chi connectivity index (χ4v) is 3.52. The third-order valence-electron chi connectivity index (χ3n) is 3.92. The van der Waals surface area contributed by atoms with E-state index in [0.29, 0.717) is 16.5 Å². The van der Waals surface area contributed by atoms with Crippen LogP contribution >= 0.6 is 0 Å². The summed E-state index contributed by atoms with van der Waals surface area (Å²) < 4.78 is 22.9. The largest absolute Gasteiger partial charge is 0.310 e. The standard InChI is InChI=1S/C14H13N3O5S/c15-23(21,22)9-7-14(18)16(8-9)12-5-6-13(17(19)20)11-4-2-1-3-10(11)12/h1-6,9H,7-8H2,(H2,15,21,22). The Kier molecular flexibility index (Phi) is 3.53. The van der Waals surface area contributed by atoms with E-state index in [4.69, 9.17) is 5.14 Å². The van der Waals surface area contributed by atoms with Crippen molar-refractivity contribution in [1.82, 2.24) is 0 Å². The summed E-state index contributed by atoms with van der Waals surface area (Å²) in [6, 6.07) is 9.40. The fraction of sp³-hybridized carbons (Fsp3) is 0.214. The van der Waals surface area contributed by atoms with Crippen molar-refractivity contribution in [3.63, 3.8) is 0 Å². The molecule has 0 saturated carbocycles. The molecule has 3 rings (SSSR count). The second-order valence-corrected chi connectivity index (χ2v) is 7.17. The molecular weight excluding hydrogens is 322 g/mol. The van der Waals surface area contributed by atoms with Gasteiger partial charge in [-0.2, -0.15) is 0 Å². The molecule has 8 nitrogen and oxygen atoms in total. The van der Waals surface area contributed by atoms with E-state index >= 15 is 0 Å². The normalized spacial score (nSPS) is 18.6. The molecule has 2 aromatic rings. The molecule has 120 valence electrons. The highest BCUT2D eigenvalue weighted by atomic mass is 32.2. The minimum absolute atomic E-state index is 0.0561. The Balaban J connectivity index is 2.13. The van der Waals surface area contributed by atoms with E-state index in [0.717, 1.165) is 0 Å². The van der Waals surface area contributed by atoms with Crippen LogP contribution in [0.15, 0.2) is 36.4 Å². The van der Waals surface area contributed by atoms with Crippen molar-refractivity contribution < 1.29 is 18.1 Å². The molecule has 0 aliphatic carbocycles. The molecular formula is C14H13N3O5S. The SMILES string of the molecule is NS(=O)(=O)C1CC(=O)N(c2ccc([N+](=O)[O-])c3ccccc23)C1. The molecule has 1 fully saturated rings. The average Bonchev–Trinajstić information content (AvgIpc) is 2.88. The molecule has 1 heterocycles. The van der Waals surface area contributed by atoms with Crippen molar-refractivity contribution in [3.05, 3.63) is 46.5 Å². The summed E-state index contributed by atoms with van der Waals surface area (Å²) in [5, 5.41) is 16.2. The molecule has 9 heteroatoms. The van der Waals surface area contributed by atoms with Crippen LogP contribution in [-0.4, -0.2) is 31.0 Å². The number of nitrogens with zero attached hydrogens (tertiary/aromatic N) is 2. The van der Waals surface area contributed by atoms with Crippen LogP contribution in [-0.2, 0) is 14.8 Å². The number of rotatable bonds is 3. The van der Waals surface area contributed by atoms with Gasteiger partial charge >= 0.3 is 0 Å². The van der Waals surface area contributed by atoms with Crippen LogP contribution in [0.3, 0.4) is 0 Å². The van der Waals surface area contributed by atoms with Crippen molar-refractivity contribution >= 4 is 38.1 Å². The number of amides is 1. The van der Waals surface area contributed by atoms with E-state index in [1.165, 1.54) is 17.0 Å². The number of nitrogens with two attached hydrogens (primary N) is 1. The first kappa shape index (κ1) is 15.4. The van der Waals surface area contributed by atoms with Crippen molar-refractivity contribution in [2.45, 2.75) is 11.7 Å². The third-order valence-corrected chi connectivity index (χ3v) is 5.16. The lowest BCUT2D eigenvalue weighted by molar-refractivity contribution is -0.383. The molecule has 2 aromatic carbocycles. The lowest BCUT2D eigenvalue weighted by Crippen LogP contribution is -2.32. The Labute approximate surface area is 131 Å². The number of carbonyl (C=O) groups excluding carboxylic acids is 1. The number of non-ortho nitro benzene ring substituents is 1. The summed E-state index contributed by atoms with van der Waals surface area (Å²) in [6.45, 7) is -0.0561. The Morgan fingerprint density at radius 3 is 2.39 bits per heavy atom. The van der Waals surface area contributed by atoms with Crippen LogP contribution in [0.5, 0.6) is 0 Å². The summed E-state index contributed by atoms with van der Waals surface area (Å²) in [7, 11) is -3.82. The maximum Gasteiger partial charge on any atom is 0.277 e. The molecule has 1 unspecified atom stereocenters. The summed E-state index contributed by atoms with van der Waals surface area (Å²) in [6.07, 6.45) is -0.190. The van der Waals surface area contributed by atoms with E-state index in [2.05, 4.69) is 0 Å². The monoisotopic (exact) mass is 335 g/mol. The van der Waals surface area contributed by atoms with Gasteiger partial charge in [-0.25, -0.2) is 13.6 Å². The molecule has 1 amide bonds. The molecule has 0 aromatic heterocycles. The van der Waals surface area contributed by atoms with E-state index < -0.39 is 20.2 Å². The maximum absolute atomic E-state index is 12.2. The van der Waals surface area contributed by atoms with E-state index in [1.807, 2.05) is 0 Å². The van der Waals surface area contributed by atoms with Crippen LogP contribution in [0.25, 0.3) is 10.8 Å². The zero-order chi connectivity index (χ0) is 16.8. The van der Waals surface area contributed by atoms with Crippen LogP contribution in [0, 0.1) is 10.1 Å². The minimum atomic E-state index is -3.82. The number of benzene rings is 2. The molecule has 1 aliphatic heterocycles. The lowest BCUT2D eigenvalue weighted by Gasteiger charge is -2.18. The first-order valence-corrected chi connectivity index (χ1v) is 8.38. The van der Waals surface area contributed by atoms with E-state index in [-0.39, 0.29) is 24.6 Å². The number of carbonyl (C=O) groups is 1. The van der Waals surface area contributed by atoms with Gasteiger partial charge in [-0.15, -0.1) is 0 Å². The Morgan fingerprint density at radius 1 is 1.17 bits per heavy atom. The topological polar surface area (TPSA) is 124 Å². The predicted octanol–water partition coefficient (Wildman–Crippen LogP) is 1.14. The fourth-order valence-electron chi connectivity index (χ4n) is 2.79. The smallest absolute Gasteiger partial charge is 0.277 e. The van der Waals surface area contributed by atoms with Gasteiger partial charge in [0, 0.05) is 24.4 Å². The number of nitro benzene ring substituents is 1. The van der Waals surface area contributed by atoms with Gasteiger partial charge in [0.2, 0.25) is 15.9 Å². The second kappa shape index (κ2) is 5.28. The summed E-state index contributed by atoms with van der Waals surface area (Å²) >= 11 is 0. The zero-order valence-corrected chi connectivity index (χ0v) is 12.7. The van der Waals surface area contributed by atoms with Crippen molar-refractivity contribution in [3.8, 4) is 0 Å². The van der Waals surface area contributed by atoms with Gasteiger partial charge in [0.15, 0.2) is 0 Å². The number of anilines is 1. The molecule has 2 N–H and O–H groups in total. The van der Waals surface area contributed by atoms with Crippen LogP contribution in [0.1, 0.15) is 6.42 Å². The first-order chi connectivity index (χ1) is 10.8. The lowest BCUT2D eigenvalue weighted by atomic mass is 10.1. The van der Waals surface area contributed by atoms with Crippen molar-refractivity contribution in [2.24, 2.45) is 5.14 Å². The summed E-state index contributed by atoms with van der Waals surface area (Å²) in [5.41, 5.74) is 0.376. The average molecular weight is 335 g/mol. The van der Waals surface area contributed by atoms with Crippen LogP contribution < -0.4 is 10.0 Å². The Morgan fingerprint density at radius 2 is 1.83 bits per heavy atom. The highest BCUT2D eigenvalue weighted by molar-refractivity contribution is 7.89. The zero-order valence-electron chi connectivity index (χ0n) is 11.9. The predicted molar refractivity (Wildman–Crippen MR) is 84.5 cm³/mol. The number of nitro groups is 1. The molecule has 1 aliphatic rings. The van der Waals surface area contributed by atoms with Crippen LogP contribution in [0.4, 0.5) is 11.4 Å². The summed E-state index contributed by atoms with van der Waals surface area (Å²) in [5.74, 6) is -0.372. The van der Waals surface area contributed by atoms with Gasteiger partial charge in [-0.1, -0.05) is 18.2 Å². The quantitative estimate of drug-likeness (QED) is 0.665. The number of sulfonamides is 1. The van der Waals surface area contributed by atoms with Crippen molar-refractivity contribution in [2.75, 3.05) is 11.4 Å². The second-order valence-electron chi connectivity index (χ2n) is 5.33. The molecule has 0 bridgehead atoms. The highest BCUT2D eigenvalue weighted by Crippen LogP contribution is 2.35. The number of primary sulfonamides is 1. The molecule has 0 radical (unpaired) electrons. The number of fused-ring (bicyclic) bond motifs is 1. The maximum atomic E-state index is 12.2. The van der Waals surface area contributed by atoms with Gasteiger partial charge < -0.3 is 4.90 Å². The van der Waals surface area contributed by atoms with Gasteiger partial charge in [0.05, 0.1) is 16.0 Å². The summed E-state index contributed by atoms with van der Waals surface area (Å²) in [4.78, 5) is 24.1. The first-order valence-electron chi connectivity index (χ1n) is 6.77. The third kappa shape index (κ3) is 2.64. The van der Waals surface area contributed by atoms with Gasteiger partial charge in [0.1, 0.15) is 5.25 Å².